The summed E-state index contributed by atoms with van der Waals surface area (Å²) in [4.78, 5) is 4.36. The van der Waals surface area contributed by atoms with Gasteiger partial charge in [0, 0.05) is 31.7 Å². The van der Waals surface area contributed by atoms with Crippen molar-refractivity contribution in [1.29, 1.82) is 0 Å². The predicted molar refractivity (Wildman–Crippen MR) is 80.6 cm³/mol. The Kier molecular flexibility index (Phi) is 5.03. The summed E-state index contributed by atoms with van der Waals surface area (Å²) < 4.78 is 2.08. The maximum absolute atomic E-state index is 6.11. The molecule has 0 amide bonds. The molecule has 2 nitrogen and oxygen atoms in total. The molecular weight excluding hydrogens is 256 g/mol. The van der Waals surface area contributed by atoms with Crippen LogP contribution in [0.3, 0.4) is 0 Å². The van der Waals surface area contributed by atoms with Crippen LogP contribution in [0.2, 0.25) is 0 Å². The minimum absolute atomic E-state index is 0.514. The molecule has 1 atom stereocenters. The maximum atomic E-state index is 6.11. The molecular formula is C16H21ClN2. The molecule has 0 N–H and O–H groups in total. The molecule has 2 rings (SSSR count). The predicted octanol–water partition coefficient (Wildman–Crippen LogP) is 3.76. The highest BCUT2D eigenvalue weighted by molar-refractivity contribution is 6.18. The summed E-state index contributed by atoms with van der Waals surface area (Å²) >= 11 is 6.11. The van der Waals surface area contributed by atoms with E-state index in [-0.39, 0.29) is 0 Å². The fraction of sp³-hybridized carbons (Fsp3) is 0.438. The summed E-state index contributed by atoms with van der Waals surface area (Å²) in [5, 5.41) is 0. The smallest absolute Gasteiger partial charge is 0.108 e. The van der Waals surface area contributed by atoms with Crippen molar-refractivity contribution in [2.45, 2.75) is 26.2 Å². The third-order valence-corrected chi connectivity index (χ3v) is 3.96. The molecule has 0 aliphatic heterocycles. The average molecular weight is 277 g/mol. The minimum atomic E-state index is 0.514. The summed E-state index contributed by atoms with van der Waals surface area (Å²) in [5.74, 6) is 2.36. The van der Waals surface area contributed by atoms with Crippen LogP contribution in [0, 0.1) is 12.8 Å². The van der Waals surface area contributed by atoms with Crippen LogP contribution < -0.4 is 0 Å². The van der Waals surface area contributed by atoms with E-state index in [2.05, 4.69) is 40.7 Å². The molecule has 1 heterocycles. The second-order valence-electron chi connectivity index (χ2n) is 5.21. The molecule has 0 fully saturated rings. The van der Waals surface area contributed by atoms with Gasteiger partial charge in [-0.1, -0.05) is 29.8 Å². The second-order valence-corrected chi connectivity index (χ2v) is 5.52. The fourth-order valence-electron chi connectivity index (χ4n) is 2.38. The first-order chi connectivity index (χ1) is 9.19. The Balaban J connectivity index is 1.92. The molecule has 2 aromatic rings. The second kappa shape index (κ2) is 6.76. The van der Waals surface area contributed by atoms with Crippen LogP contribution >= 0.6 is 11.6 Å². The van der Waals surface area contributed by atoms with Gasteiger partial charge in [0.15, 0.2) is 0 Å². The molecule has 1 aromatic heterocycles. The number of imidazole rings is 1. The van der Waals surface area contributed by atoms with E-state index >= 15 is 0 Å². The highest BCUT2D eigenvalue weighted by atomic mass is 35.5. The first-order valence-corrected chi connectivity index (χ1v) is 7.30. The van der Waals surface area contributed by atoms with Gasteiger partial charge in [0.1, 0.15) is 5.82 Å². The zero-order valence-corrected chi connectivity index (χ0v) is 12.4. The van der Waals surface area contributed by atoms with Crippen molar-refractivity contribution in [2.24, 2.45) is 13.0 Å². The van der Waals surface area contributed by atoms with Crippen LogP contribution in [0.15, 0.2) is 36.7 Å². The van der Waals surface area contributed by atoms with E-state index in [1.54, 1.807) is 0 Å². The first-order valence-electron chi connectivity index (χ1n) is 6.76. The molecule has 102 valence electrons. The van der Waals surface area contributed by atoms with Gasteiger partial charge in [-0.15, -0.1) is 11.6 Å². The number of nitrogens with zero attached hydrogens (tertiary/aromatic N) is 2. The van der Waals surface area contributed by atoms with Crippen molar-refractivity contribution < 1.29 is 0 Å². The van der Waals surface area contributed by atoms with Gasteiger partial charge in [-0.2, -0.15) is 0 Å². The van der Waals surface area contributed by atoms with Crippen LogP contribution in [-0.4, -0.2) is 15.4 Å². The summed E-state index contributed by atoms with van der Waals surface area (Å²) in [7, 11) is 2.04. The summed E-state index contributed by atoms with van der Waals surface area (Å²) in [5.41, 5.74) is 2.69. The number of alkyl halides is 1. The van der Waals surface area contributed by atoms with Gasteiger partial charge >= 0.3 is 0 Å². The molecule has 0 aliphatic rings. The third-order valence-electron chi connectivity index (χ3n) is 3.52. The quantitative estimate of drug-likeness (QED) is 0.735. The molecule has 0 saturated carbocycles. The molecule has 19 heavy (non-hydrogen) atoms. The van der Waals surface area contributed by atoms with Gasteiger partial charge in [0.05, 0.1) is 0 Å². The normalized spacial score (nSPS) is 12.6. The third kappa shape index (κ3) is 4.10. The Bertz CT molecular complexity index is 519. The Morgan fingerprint density at radius 3 is 2.84 bits per heavy atom. The van der Waals surface area contributed by atoms with E-state index in [1.165, 1.54) is 11.1 Å². The highest BCUT2D eigenvalue weighted by Gasteiger charge is 2.10. The standard InChI is InChI=1S/C16H21ClN2/c1-13-4-3-5-14(10-13)11-15(12-17)6-7-16-18-8-9-19(16)2/h3-5,8-10,15H,6-7,11-12H2,1-2H3. The number of hydrogen-bond acceptors (Lipinski definition) is 1. The van der Waals surface area contributed by atoms with E-state index in [4.69, 9.17) is 11.6 Å². The lowest BCUT2D eigenvalue weighted by Crippen LogP contribution is -2.10. The van der Waals surface area contributed by atoms with Gasteiger partial charge in [-0.05, 0) is 31.2 Å². The van der Waals surface area contributed by atoms with Gasteiger partial charge < -0.3 is 4.57 Å². The van der Waals surface area contributed by atoms with E-state index < -0.39 is 0 Å². The molecule has 0 spiro atoms. The van der Waals surface area contributed by atoms with Crippen LogP contribution in [0.4, 0.5) is 0 Å². The Morgan fingerprint density at radius 1 is 1.37 bits per heavy atom. The molecule has 0 saturated heterocycles. The first kappa shape index (κ1) is 14.1. The van der Waals surface area contributed by atoms with Crippen molar-refractivity contribution in [2.75, 3.05) is 5.88 Å². The van der Waals surface area contributed by atoms with Crippen LogP contribution in [-0.2, 0) is 19.9 Å². The number of aromatic nitrogens is 2. The number of aryl methyl sites for hydroxylation is 3. The summed E-state index contributed by atoms with van der Waals surface area (Å²) in [6, 6.07) is 8.69. The number of rotatable bonds is 6. The molecule has 0 radical (unpaired) electrons. The van der Waals surface area contributed by atoms with Crippen LogP contribution in [0.5, 0.6) is 0 Å². The molecule has 3 heteroatoms. The lowest BCUT2D eigenvalue weighted by molar-refractivity contribution is 0.522. The topological polar surface area (TPSA) is 17.8 Å². The van der Waals surface area contributed by atoms with Crippen molar-refractivity contribution in [3.63, 3.8) is 0 Å². The average Bonchev–Trinajstić information content (AvgIpc) is 2.80. The van der Waals surface area contributed by atoms with Crippen molar-refractivity contribution >= 4 is 11.6 Å². The van der Waals surface area contributed by atoms with Gasteiger partial charge in [0.25, 0.3) is 0 Å². The van der Waals surface area contributed by atoms with Crippen molar-refractivity contribution in [3.05, 3.63) is 53.6 Å². The lowest BCUT2D eigenvalue weighted by Gasteiger charge is -2.14. The monoisotopic (exact) mass is 276 g/mol. The Hall–Kier alpha value is -1.28. The van der Waals surface area contributed by atoms with Gasteiger partial charge in [0.2, 0.25) is 0 Å². The zero-order chi connectivity index (χ0) is 13.7. The van der Waals surface area contributed by atoms with Gasteiger partial charge in [-0.25, -0.2) is 4.98 Å². The summed E-state index contributed by atoms with van der Waals surface area (Å²) in [6.07, 6.45) is 6.97. The highest BCUT2D eigenvalue weighted by Crippen LogP contribution is 2.17. The number of hydrogen-bond donors (Lipinski definition) is 0. The largest absolute Gasteiger partial charge is 0.338 e. The molecule has 0 bridgehead atoms. The Morgan fingerprint density at radius 2 is 2.21 bits per heavy atom. The van der Waals surface area contributed by atoms with Crippen LogP contribution in [0.1, 0.15) is 23.4 Å². The van der Waals surface area contributed by atoms with Crippen LogP contribution in [0.25, 0.3) is 0 Å². The lowest BCUT2D eigenvalue weighted by atomic mass is 9.95. The number of halogens is 1. The number of benzene rings is 1. The van der Waals surface area contributed by atoms with E-state index in [9.17, 15) is 0 Å². The maximum Gasteiger partial charge on any atom is 0.108 e. The van der Waals surface area contributed by atoms with Crippen molar-refractivity contribution in [1.82, 2.24) is 9.55 Å². The van der Waals surface area contributed by atoms with Crippen molar-refractivity contribution in [3.8, 4) is 0 Å². The molecule has 0 aliphatic carbocycles. The van der Waals surface area contributed by atoms with Gasteiger partial charge in [-0.3, -0.25) is 0 Å². The van der Waals surface area contributed by atoms with E-state index in [1.807, 2.05) is 19.4 Å². The zero-order valence-electron chi connectivity index (χ0n) is 11.6. The summed E-state index contributed by atoms with van der Waals surface area (Å²) in [6.45, 7) is 2.13. The fourth-order valence-corrected chi connectivity index (χ4v) is 2.64. The molecule has 1 unspecified atom stereocenters. The molecule has 1 aromatic carbocycles. The minimum Gasteiger partial charge on any atom is -0.338 e. The van der Waals surface area contributed by atoms with E-state index in [0.29, 0.717) is 11.8 Å². The van der Waals surface area contributed by atoms with E-state index in [0.717, 1.165) is 25.1 Å². The SMILES string of the molecule is Cc1cccc(CC(CCl)CCc2nccn2C)c1. The Labute approximate surface area is 120 Å².